The zero-order valence-corrected chi connectivity index (χ0v) is 18.4. The molecule has 1 amide bonds. The number of aromatic nitrogens is 2. The van der Waals surface area contributed by atoms with E-state index < -0.39 is 0 Å². The number of allylic oxidation sites excluding steroid dienone is 1. The number of para-hydroxylation sites is 3. The van der Waals surface area contributed by atoms with Gasteiger partial charge >= 0.3 is 0 Å². The zero-order chi connectivity index (χ0) is 23.2. The third kappa shape index (κ3) is 3.10. The zero-order valence-electron chi connectivity index (χ0n) is 18.4. The second kappa shape index (κ2) is 7.74. The summed E-state index contributed by atoms with van der Waals surface area (Å²) >= 11 is 0. The highest BCUT2D eigenvalue weighted by molar-refractivity contribution is 6.26. The van der Waals surface area contributed by atoms with Gasteiger partial charge in [0.1, 0.15) is 0 Å². The number of hydrogen-bond donors (Lipinski definition) is 0. The normalized spacial score (nSPS) is 14.2. The molecule has 2 aromatic heterocycles. The molecule has 3 aromatic carbocycles. The molecule has 5 nitrogen and oxygen atoms in total. The van der Waals surface area contributed by atoms with Gasteiger partial charge in [-0.2, -0.15) is 0 Å². The van der Waals surface area contributed by atoms with Gasteiger partial charge in [0, 0.05) is 35.0 Å². The highest BCUT2D eigenvalue weighted by Gasteiger charge is 2.34. The van der Waals surface area contributed by atoms with E-state index in [4.69, 9.17) is 4.98 Å². The van der Waals surface area contributed by atoms with Crippen LogP contribution in [0.25, 0.3) is 39.0 Å². The minimum Gasteiger partial charge on any atom is -0.287 e. The molecule has 0 radical (unpaired) electrons. The number of carbonyl (C=O) groups excluding carboxylic acids is 2. The topological polar surface area (TPSA) is 63.2 Å². The summed E-state index contributed by atoms with van der Waals surface area (Å²) in [5, 5.41) is 2.04. The number of carbonyl (C=O) groups is 2. The van der Waals surface area contributed by atoms with Crippen LogP contribution in [0.15, 0.2) is 96.8 Å². The first-order valence-electron chi connectivity index (χ1n) is 11.0. The molecule has 0 atom stereocenters. The number of anilines is 1. The second-order valence-electron chi connectivity index (χ2n) is 8.22. The van der Waals surface area contributed by atoms with E-state index in [1.54, 1.807) is 30.5 Å². The summed E-state index contributed by atoms with van der Waals surface area (Å²) in [5.74, 6) is -0.405. The molecule has 1 aliphatic heterocycles. The molecular formula is C29H19N3O2. The van der Waals surface area contributed by atoms with E-state index in [0.29, 0.717) is 22.6 Å². The maximum atomic E-state index is 13.2. The average Bonchev–Trinajstić information content (AvgIpc) is 3.15. The van der Waals surface area contributed by atoms with Crippen LogP contribution in [-0.4, -0.2) is 21.7 Å². The van der Waals surface area contributed by atoms with Crippen LogP contribution in [0, 0.1) is 0 Å². The van der Waals surface area contributed by atoms with Crippen LogP contribution >= 0.6 is 0 Å². The predicted octanol–water partition coefficient (Wildman–Crippen LogP) is 6.04. The van der Waals surface area contributed by atoms with Crippen molar-refractivity contribution >= 4 is 45.3 Å². The van der Waals surface area contributed by atoms with Gasteiger partial charge in [0.25, 0.3) is 0 Å². The van der Waals surface area contributed by atoms with Crippen LogP contribution in [0.3, 0.4) is 0 Å². The van der Waals surface area contributed by atoms with Crippen LogP contribution in [0.2, 0.25) is 0 Å². The van der Waals surface area contributed by atoms with Crippen LogP contribution in [0.4, 0.5) is 5.69 Å². The molecule has 34 heavy (non-hydrogen) atoms. The van der Waals surface area contributed by atoms with E-state index in [1.165, 1.54) is 11.8 Å². The number of fused-ring (bicyclic) bond motifs is 3. The van der Waals surface area contributed by atoms with Gasteiger partial charge < -0.3 is 0 Å². The highest BCUT2D eigenvalue weighted by atomic mass is 16.2. The van der Waals surface area contributed by atoms with E-state index in [-0.39, 0.29) is 11.7 Å². The van der Waals surface area contributed by atoms with Crippen molar-refractivity contribution in [2.45, 2.75) is 6.92 Å². The fourth-order valence-electron chi connectivity index (χ4n) is 4.65. The van der Waals surface area contributed by atoms with E-state index in [0.717, 1.165) is 32.9 Å². The summed E-state index contributed by atoms with van der Waals surface area (Å²) in [6, 6.07) is 27.1. The number of nitrogens with zero attached hydrogens (tertiary/aromatic N) is 3. The quantitative estimate of drug-likeness (QED) is 0.313. The Morgan fingerprint density at radius 2 is 1.62 bits per heavy atom. The molecule has 0 saturated carbocycles. The summed E-state index contributed by atoms with van der Waals surface area (Å²) in [6.45, 7) is 1.46. The van der Waals surface area contributed by atoms with Gasteiger partial charge in [-0.3, -0.25) is 19.5 Å². The Labute approximate surface area is 196 Å². The van der Waals surface area contributed by atoms with Gasteiger partial charge in [0.05, 0.1) is 28.1 Å². The molecule has 3 heterocycles. The first kappa shape index (κ1) is 20.0. The largest absolute Gasteiger partial charge is 0.287 e. The minimum absolute atomic E-state index is 0.186. The lowest BCUT2D eigenvalue weighted by Gasteiger charge is -2.16. The lowest BCUT2D eigenvalue weighted by atomic mass is 9.97. The SMILES string of the molecule is CC(=O)N1C(=Cc2cc(-c3cccc4cccnc34)c3ccccc3n2)C(=O)c2ccccc21. The molecule has 5 heteroatoms. The van der Waals surface area contributed by atoms with Gasteiger partial charge in [0.15, 0.2) is 0 Å². The van der Waals surface area contributed by atoms with E-state index in [9.17, 15) is 9.59 Å². The molecule has 0 spiro atoms. The fraction of sp³-hybridized carbons (Fsp3) is 0.0345. The number of ketones is 1. The first-order valence-corrected chi connectivity index (χ1v) is 11.0. The van der Waals surface area contributed by atoms with Gasteiger partial charge in [-0.1, -0.05) is 54.6 Å². The molecule has 0 saturated heterocycles. The molecular weight excluding hydrogens is 422 g/mol. The number of benzene rings is 3. The Bertz CT molecular complexity index is 1660. The maximum Gasteiger partial charge on any atom is 0.228 e. The Hall–Kier alpha value is -4.64. The van der Waals surface area contributed by atoms with Crippen molar-refractivity contribution in [3.05, 3.63) is 108 Å². The molecule has 162 valence electrons. The molecule has 0 fully saturated rings. The summed E-state index contributed by atoms with van der Waals surface area (Å²) in [4.78, 5) is 36.6. The monoisotopic (exact) mass is 441 g/mol. The second-order valence-corrected chi connectivity index (χ2v) is 8.22. The Morgan fingerprint density at radius 3 is 2.50 bits per heavy atom. The smallest absolute Gasteiger partial charge is 0.228 e. The van der Waals surface area contributed by atoms with Crippen molar-refractivity contribution in [2.75, 3.05) is 4.90 Å². The van der Waals surface area contributed by atoms with Crippen molar-refractivity contribution in [1.82, 2.24) is 9.97 Å². The number of amides is 1. The Morgan fingerprint density at radius 1 is 0.853 bits per heavy atom. The lowest BCUT2D eigenvalue weighted by molar-refractivity contribution is -0.116. The van der Waals surface area contributed by atoms with Crippen molar-refractivity contribution in [2.24, 2.45) is 0 Å². The fourth-order valence-corrected chi connectivity index (χ4v) is 4.65. The maximum absolute atomic E-state index is 13.2. The molecule has 0 aliphatic carbocycles. The van der Waals surface area contributed by atoms with Gasteiger partial charge in [-0.15, -0.1) is 0 Å². The summed E-state index contributed by atoms with van der Waals surface area (Å²) < 4.78 is 0. The van der Waals surface area contributed by atoms with Gasteiger partial charge in [0.2, 0.25) is 11.7 Å². The molecule has 1 aliphatic rings. The van der Waals surface area contributed by atoms with Crippen molar-refractivity contribution in [3.8, 4) is 11.1 Å². The van der Waals surface area contributed by atoms with Crippen LogP contribution in [0.1, 0.15) is 23.0 Å². The molecule has 0 unspecified atom stereocenters. The Balaban J connectivity index is 1.60. The van der Waals surface area contributed by atoms with Gasteiger partial charge in [-0.05, 0) is 42.0 Å². The van der Waals surface area contributed by atoms with Crippen LogP contribution < -0.4 is 4.90 Å². The highest BCUT2D eigenvalue weighted by Crippen LogP contribution is 2.37. The van der Waals surface area contributed by atoms with Crippen molar-refractivity contribution < 1.29 is 9.59 Å². The number of pyridine rings is 2. The predicted molar refractivity (Wildman–Crippen MR) is 134 cm³/mol. The lowest BCUT2D eigenvalue weighted by Crippen LogP contribution is -2.25. The van der Waals surface area contributed by atoms with E-state index in [2.05, 4.69) is 4.98 Å². The molecule has 0 bridgehead atoms. The third-order valence-electron chi connectivity index (χ3n) is 6.12. The average molecular weight is 441 g/mol. The number of rotatable bonds is 2. The Kier molecular flexibility index (Phi) is 4.56. The van der Waals surface area contributed by atoms with Crippen molar-refractivity contribution in [1.29, 1.82) is 0 Å². The van der Waals surface area contributed by atoms with Crippen LogP contribution in [-0.2, 0) is 4.79 Å². The van der Waals surface area contributed by atoms with Crippen LogP contribution in [0.5, 0.6) is 0 Å². The molecule has 6 rings (SSSR count). The number of hydrogen-bond acceptors (Lipinski definition) is 4. The minimum atomic E-state index is -0.219. The standard InChI is InChI=1S/C29H19N3O2/c1-18(33)32-26-14-5-3-11-23(26)29(34)27(32)17-20-16-24(21-10-2-4-13-25(21)31-20)22-12-6-8-19-9-7-15-30-28(19)22/h2-17H,1H3. The summed E-state index contributed by atoms with van der Waals surface area (Å²) in [5.41, 5.74) is 5.68. The third-order valence-corrected chi connectivity index (χ3v) is 6.12. The summed E-state index contributed by atoms with van der Waals surface area (Å²) in [7, 11) is 0. The molecule has 5 aromatic rings. The van der Waals surface area contributed by atoms with Gasteiger partial charge in [-0.25, -0.2) is 4.98 Å². The first-order chi connectivity index (χ1) is 16.6. The molecule has 0 N–H and O–H groups in total. The summed E-state index contributed by atoms with van der Waals surface area (Å²) in [6.07, 6.45) is 3.50. The van der Waals surface area contributed by atoms with Crippen molar-refractivity contribution in [3.63, 3.8) is 0 Å². The van der Waals surface area contributed by atoms with E-state index >= 15 is 0 Å². The van der Waals surface area contributed by atoms with E-state index in [1.807, 2.05) is 66.7 Å². The number of Topliss-reactive ketones (excluding diaryl/α,β-unsaturated/α-hetero) is 1.